The molecular weight excluding hydrogens is 292 g/mol. The minimum atomic E-state index is 0.0368. The number of nitrogens with zero attached hydrogens (tertiary/aromatic N) is 4. The Bertz CT molecular complexity index is 764. The zero-order chi connectivity index (χ0) is 15.8. The first-order chi connectivity index (χ1) is 11.2. The second-order valence-electron chi connectivity index (χ2n) is 6.61. The van der Waals surface area contributed by atoms with Gasteiger partial charge in [-0.05, 0) is 44.2 Å². The number of oxazole rings is 1. The summed E-state index contributed by atoms with van der Waals surface area (Å²) in [6, 6.07) is 2.13. The van der Waals surface area contributed by atoms with E-state index in [9.17, 15) is 4.79 Å². The van der Waals surface area contributed by atoms with Crippen LogP contribution >= 0.6 is 0 Å². The fourth-order valence-corrected chi connectivity index (χ4v) is 3.77. The molecule has 0 spiro atoms. The van der Waals surface area contributed by atoms with E-state index in [1.165, 1.54) is 0 Å². The maximum atomic E-state index is 12.3. The summed E-state index contributed by atoms with van der Waals surface area (Å²) in [5.74, 6) is 0.701. The van der Waals surface area contributed by atoms with E-state index in [1.807, 2.05) is 6.92 Å². The molecule has 0 aromatic carbocycles. The third kappa shape index (κ3) is 2.95. The van der Waals surface area contributed by atoms with E-state index >= 15 is 0 Å². The van der Waals surface area contributed by atoms with Gasteiger partial charge < -0.3 is 4.42 Å². The number of rotatable bonds is 4. The molecule has 1 fully saturated rings. The molecular formula is C17H22N4O2. The zero-order valence-electron chi connectivity index (χ0n) is 13.5. The highest BCUT2D eigenvalue weighted by atomic mass is 16.3. The van der Waals surface area contributed by atoms with E-state index in [-0.39, 0.29) is 5.56 Å². The monoisotopic (exact) mass is 314 g/mol. The quantitative estimate of drug-likeness (QED) is 0.859. The first-order valence-corrected chi connectivity index (χ1v) is 8.44. The molecule has 0 radical (unpaired) electrons. The van der Waals surface area contributed by atoms with Gasteiger partial charge in [-0.15, -0.1) is 0 Å². The number of hydrogen-bond acceptors (Lipinski definition) is 5. The van der Waals surface area contributed by atoms with Crippen molar-refractivity contribution in [1.82, 2.24) is 19.7 Å². The summed E-state index contributed by atoms with van der Waals surface area (Å²) in [6.07, 6.45) is 7.10. The van der Waals surface area contributed by atoms with Crippen LogP contribution in [0.5, 0.6) is 0 Å². The van der Waals surface area contributed by atoms with Crippen LogP contribution in [0.3, 0.4) is 0 Å². The number of fused-ring (bicyclic) bond motifs is 1. The van der Waals surface area contributed by atoms with Crippen molar-refractivity contribution in [3.63, 3.8) is 0 Å². The van der Waals surface area contributed by atoms with Crippen molar-refractivity contribution < 1.29 is 4.42 Å². The average Bonchev–Trinajstić information content (AvgIpc) is 3.23. The van der Waals surface area contributed by atoms with Crippen LogP contribution in [0.25, 0.3) is 0 Å². The van der Waals surface area contributed by atoms with Crippen molar-refractivity contribution in [2.75, 3.05) is 6.54 Å². The van der Waals surface area contributed by atoms with Gasteiger partial charge >= 0.3 is 0 Å². The molecule has 1 aliphatic heterocycles. The van der Waals surface area contributed by atoms with Crippen LogP contribution in [0.1, 0.15) is 42.1 Å². The highest BCUT2D eigenvalue weighted by Crippen LogP contribution is 2.22. The molecule has 23 heavy (non-hydrogen) atoms. The predicted octanol–water partition coefficient (Wildman–Crippen LogP) is 1.69. The number of aryl methyl sites for hydroxylation is 3. The smallest absolute Gasteiger partial charge is 0.267 e. The Balaban J connectivity index is 1.50. The summed E-state index contributed by atoms with van der Waals surface area (Å²) >= 11 is 0. The Morgan fingerprint density at radius 1 is 1.35 bits per heavy atom. The normalized spacial score (nSPS) is 21.0. The van der Waals surface area contributed by atoms with Crippen LogP contribution in [0.2, 0.25) is 0 Å². The second kappa shape index (κ2) is 5.92. The molecule has 1 unspecified atom stereocenters. The van der Waals surface area contributed by atoms with Gasteiger partial charge in [-0.1, -0.05) is 0 Å². The molecule has 0 saturated carbocycles. The third-order valence-corrected chi connectivity index (χ3v) is 4.94. The van der Waals surface area contributed by atoms with Crippen LogP contribution in [0, 0.1) is 6.92 Å². The molecule has 0 amide bonds. The van der Waals surface area contributed by atoms with Gasteiger partial charge in [0.05, 0.1) is 17.9 Å². The standard InChI is InChI=1S/C17H22N4O2/c1-12-18-14(11-23-12)9-20-7-3-5-15(20)10-21-17(22)8-13-4-2-6-16(13)19-21/h8,11,15H,2-7,9-10H2,1H3. The Morgan fingerprint density at radius 2 is 2.26 bits per heavy atom. The lowest BCUT2D eigenvalue weighted by atomic mass is 10.2. The van der Waals surface area contributed by atoms with E-state index in [0.29, 0.717) is 18.5 Å². The maximum absolute atomic E-state index is 12.3. The van der Waals surface area contributed by atoms with Crippen LogP contribution < -0.4 is 5.56 Å². The first kappa shape index (κ1) is 14.6. The van der Waals surface area contributed by atoms with Gasteiger partial charge in [0.2, 0.25) is 0 Å². The van der Waals surface area contributed by atoms with Crippen LogP contribution in [-0.4, -0.2) is 32.3 Å². The van der Waals surface area contributed by atoms with Crippen molar-refractivity contribution in [1.29, 1.82) is 0 Å². The Kier molecular flexibility index (Phi) is 3.77. The van der Waals surface area contributed by atoms with Gasteiger partial charge in [-0.25, -0.2) is 9.67 Å². The van der Waals surface area contributed by atoms with Crippen LogP contribution in [0.4, 0.5) is 0 Å². The molecule has 122 valence electrons. The van der Waals surface area contributed by atoms with E-state index in [2.05, 4.69) is 15.0 Å². The van der Waals surface area contributed by atoms with E-state index in [1.54, 1.807) is 17.0 Å². The third-order valence-electron chi connectivity index (χ3n) is 4.94. The summed E-state index contributed by atoms with van der Waals surface area (Å²) in [4.78, 5) is 19.1. The summed E-state index contributed by atoms with van der Waals surface area (Å²) in [5.41, 5.74) is 3.26. The lowest BCUT2D eigenvalue weighted by Gasteiger charge is -2.23. The summed E-state index contributed by atoms with van der Waals surface area (Å²) in [7, 11) is 0. The summed E-state index contributed by atoms with van der Waals surface area (Å²) < 4.78 is 6.96. The molecule has 1 atom stereocenters. The van der Waals surface area contributed by atoms with Crippen LogP contribution in [-0.2, 0) is 25.9 Å². The van der Waals surface area contributed by atoms with E-state index in [4.69, 9.17) is 4.42 Å². The minimum absolute atomic E-state index is 0.0368. The first-order valence-electron chi connectivity index (χ1n) is 8.44. The lowest BCUT2D eigenvalue weighted by Crippen LogP contribution is -2.37. The van der Waals surface area contributed by atoms with Gasteiger partial charge in [-0.3, -0.25) is 9.69 Å². The van der Waals surface area contributed by atoms with Gasteiger partial charge in [0.25, 0.3) is 5.56 Å². The molecule has 0 bridgehead atoms. The zero-order valence-corrected chi connectivity index (χ0v) is 13.5. The molecule has 3 heterocycles. The predicted molar refractivity (Wildman–Crippen MR) is 85.2 cm³/mol. The maximum Gasteiger partial charge on any atom is 0.267 e. The van der Waals surface area contributed by atoms with E-state index < -0.39 is 0 Å². The summed E-state index contributed by atoms with van der Waals surface area (Å²) in [6.45, 7) is 4.35. The van der Waals surface area contributed by atoms with E-state index in [0.717, 1.165) is 62.1 Å². The fourth-order valence-electron chi connectivity index (χ4n) is 3.77. The molecule has 2 aromatic heterocycles. The van der Waals surface area contributed by atoms with Crippen molar-refractivity contribution >= 4 is 0 Å². The molecule has 1 aliphatic carbocycles. The summed E-state index contributed by atoms with van der Waals surface area (Å²) in [5, 5.41) is 4.61. The highest BCUT2D eigenvalue weighted by molar-refractivity contribution is 5.22. The fraction of sp³-hybridized carbons (Fsp3) is 0.588. The van der Waals surface area contributed by atoms with Gasteiger partial charge in [0, 0.05) is 25.6 Å². The Labute approximate surface area is 135 Å². The van der Waals surface area contributed by atoms with Gasteiger partial charge in [0.1, 0.15) is 6.26 Å². The number of hydrogen-bond donors (Lipinski definition) is 0. The topological polar surface area (TPSA) is 64.2 Å². The van der Waals surface area contributed by atoms with Crippen LogP contribution in [0.15, 0.2) is 21.5 Å². The molecule has 6 nitrogen and oxygen atoms in total. The van der Waals surface area contributed by atoms with Crippen molar-refractivity contribution in [2.45, 2.75) is 58.2 Å². The molecule has 6 heteroatoms. The van der Waals surface area contributed by atoms with Crippen molar-refractivity contribution in [3.8, 4) is 0 Å². The minimum Gasteiger partial charge on any atom is -0.449 e. The van der Waals surface area contributed by atoms with Crippen molar-refractivity contribution in [3.05, 3.63) is 45.5 Å². The SMILES string of the molecule is Cc1nc(CN2CCCC2Cn2nc3c(cc2=O)CCC3)co1. The average molecular weight is 314 g/mol. The second-order valence-corrected chi connectivity index (χ2v) is 6.61. The number of likely N-dealkylation sites (tertiary alicyclic amines) is 1. The van der Waals surface area contributed by atoms with Gasteiger partial charge in [-0.2, -0.15) is 5.10 Å². The largest absolute Gasteiger partial charge is 0.449 e. The number of aromatic nitrogens is 3. The van der Waals surface area contributed by atoms with Crippen molar-refractivity contribution in [2.24, 2.45) is 0 Å². The molecule has 1 saturated heterocycles. The lowest BCUT2D eigenvalue weighted by molar-refractivity contribution is 0.214. The molecule has 4 rings (SSSR count). The van der Waals surface area contributed by atoms with Gasteiger partial charge in [0.15, 0.2) is 5.89 Å². The molecule has 2 aliphatic rings. The Hall–Kier alpha value is -1.95. The molecule has 2 aromatic rings. The Morgan fingerprint density at radius 3 is 3.09 bits per heavy atom. The highest BCUT2D eigenvalue weighted by Gasteiger charge is 2.27. The molecule has 0 N–H and O–H groups in total.